The molecule has 1 atom stereocenters. The Morgan fingerprint density at radius 3 is 2.55 bits per heavy atom. The number of rotatable bonds is 8. The Labute approximate surface area is 171 Å². The van der Waals surface area contributed by atoms with Gasteiger partial charge in [0.15, 0.2) is 0 Å². The first-order chi connectivity index (χ1) is 13.8. The van der Waals surface area contributed by atoms with E-state index in [1.165, 1.54) is 13.0 Å². The number of nitrogens with zero attached hydrogens (tertiary/aromatic N) is 1. The second kappa shape index (κ2) is 10.6. The number of anilines is 1. The summed E-state index contributed by atoms with van der Waals surface area (Å²) in [5, 5.41) is 2.88. The van der Waals surface area contributed by atoms with E-state index in [4.69, 9.17) is 10.5 Å². The van der Waals surface area contributed by atoms with Crippen molar-refractivity contribution < 1.29 is 13.5 Å². The van der Waals surface area contributed by atoms with Crippen molar-refractivity contribution >= 4 is 24.2 Å². The third kappa shape index (κ3) is 6.86. The van der Waals surface area contributed by atoms with Gasteiger partial charge in [0.05, 0.1) is 0 Å². The fourth-order valence-electron chi connectivity index (χ4n) is 2.61. The van der Waals surface area contributed by atoms with Gasteiger partial charge in [0, 0.05) is 0 Å². The molecule has 29 heavy (non-hydrogen) atoms. The molecule has 0 aromatic heterocycles. The zero-order chi connectivity index (χ0) is 21.4. The number of ether oxygens (including phenoxy) is 1. The number of halogens is 2. The van der Waals surface area contributed by atoms with Crippen molar-refractivity contribution in [1.29, 1.82) is 0 Å². The van der Waals surface area contributed by atoms with Crippen molar-refractivity contribution in [2.24, 2.45) is 16.6 Å². The van der Waals surface area contributed by atoms with Crippen LogP contribution in [0.15, 0.2) is 65.6 Å². The molecule has 0 amide bonds. The molecule has 0 spiro atoms. The van der Waals surface area contributed by atoms with Crippen LogP contribution in [0.5, 0.6) is 5.75 Å². The van der Waals surface area contributed by atoms with E-state index in [0.29, 0.717) is 18.2 Å². The van der Waals surface area contributed by atoms with Gasteiger partial charge < -0.3 is 0 Å². The monoisotopic (exact) mass is 397 g/mol. The van der Waals surface area contributed by atoms with Crippen LogP contribution in [-0.2, 0) is 6.61 Å². The zero-order valence-corrected chi connectivity index (χ0v) is 17.0. The number of hydrogen-bond acceptors (Lipinski definition) is 3. The second-order valence-electron chi connectivity index (χ2n) is 7.00. The molecule has 4 nitrogen and oxygen atoms in total. The molecule has 7 heteroatoms. The van der Waals surface area contributed by atoms with Crippen LogP contribution < -0.4 is 15.8 Å². The van der Waals surface area contributed by atoms with E-state index in [1.807, 2.05) is 30.3 Å². The SMILES string of the molecule is C=C(B=C(N)N=C(C)Nc1c(F)cccc1OCc1ccccc1)C(F)C(C)C. The number of alkyl halides is 1. The van der Waals surface area contributed by atoms with Crippen molar-refractivity contribution in [1.82, 2.24) is 0 Å². The summed E-state index contributed by atoms with van der Waals surface area (Å²) in [5.41, 5.74) is 7.29. The van der Waals surface area contributed by atoms with Crippen LogP contribution in [0.25, 0.3) is 0 Å². The minimum absolute atomic E-state index is 0.0754. The van der Waals surface area contributed by atoms with E-state index >= 15 is 0 Å². The molecular weight excluding hydrogens is 371 g/mol. The quantitative estimate of drug-likeness (QED) is 0.392. The summed E-state index contributed by atoms with van der Waals surface area (Å²) in [6.07, 6.45) is -1.21. The molecule has 0 bridgehead atoms. The van der Waals surface area contributed by atoms with Crippen molar-refractivity contribution in [2.45, 2.75) is 33.5 Å². The van der Waals surface area contributed by atoms with Gasteiger partial charge in [0.2, 0.25) is 0 Å². The first kappa shape index (κ1) is 22.3. The zero-order valence-electron chi connectivity index (χ0n) is 17.0. The Hall–Kier alpha value is -2.96. The maximum atomic E-state index is 14.4. The van der Waals surface area contributed by atoms with Crippen LogP contribution in [0.3, 0.4) is 0 Å². The van der Waals surface area contributed by atoms with E-state index in [0.717, 1.165) is 5.56 Å². The molecule has 0 saturated carbocycles. The molecular formula is C22H26BF2N3O. The van der Waals surface area contributed by atoms with Crippen molar-refractivity contribution in [2.75, 3.05) is 5.32 Å². The van der Waals surface area contributed by atoms with Gasteiger partial charge in [-0.15, -0.1) is 0 Å². The molecule has 1 unspecified atom stereocenters. The van der Waals surface area contributed by atoms with Gasteiger partial charge in [-0.1, -0.05) is 0 Å². The van der Waals surface area contributed by atoms with Gasteiger partial charge in [-0.25, -0.2) is 0 Å². The molecule has 2 rings (SSSR count). The summed E-state index contributed by atoms with van der Waals surface area (Å²) in [7, 11) is 0. The number of nitrogens with one attached hydrogen (secondary N) is 1. The minimum atomic E-state index is -1.21. The Kier molecular flexibility index (Phi) is 8.13. The van der Waals surface area contributed by atoms with E-state index < -0.39 is 12.0 Å². The number of hydrogen-bond donors (Lipinski definition) is 2. The Balaban J connectivity index is 2.13. The molecule has 0 aliphatic carbocycles. The fraction of sp³-hybridized carbons (Fsp3) is 0.273. The molecule has 0 radical (unpaired) electrons. The number of nitrogens with two attached hydrogens (primary N) is 1. The molecule has 152 valence electrons. The summed E-state index contributed by atoms with van der Waals surface area (Å²) < 4.78 is 34.1. The summed E-state index contributed by atoms with van der Waals surface area (Å²) >= 11 is 0. The van der Waals surface area contributed by atoms with E-state index in [-0.39, 0.29) is 22.8 Å². The van der Waals surface area contributed by atoms with Crippen LogP contribution >= 0.6 is 0 Å². The average Bonchev–Trinajstić information content (AvgIpc) is 2.68. The Morgan fingerprint density at radius 1 is 1.21 bits per heavy atom. The predicted molar refractivity (Wildman–Crippen MR) is 118 cm³/mol. The van der Waals surface area contributed by atoms with Crippen LogP contribution in [0.1, 0.15) is 26.3 Å². The van der Waals surface area contributed by atoms with Gasteiger partial charge in [-0.05, 0) is 0 Å². The number of benzene rings is 2. The van der Waals surface area contributed by atoms with Crippen molar-refractivity contribution in [3.05, 3.63) is 72.0 Å². The third-order valence-electron chi connectivity index (χ3n) is 4.09. The first-order valence-corrected chi connectivity index (χ1v) is 9.35. The number of para-hydroxylation sites is 1. The normalized spacial score (nSPS) is 13.0. The van der Waals surface area contributed by atoms with Crippen LogP contribution in [0.2, 0.25) is 0 Å². The molecule has 0 aliphatic heterocycles. The molecule has 0 heterocycles. The number of aliphatic imine (C=N–C) groups is 1. The Morgan fingerprint density at radius 2 is 1.90 bits per heavy atom. The summed E-state index contributed by atoms with van der Waals surface area (Å²) in [6, 6.07) is 14.1. The number of amidine groups is 1. The molecule has 0 aliphatic rings. The van der Waals surface area contributed by atoms with Gasteiger partial charge in [0.25, 0.3) is 0 Å². The first-order valence-electron chi connectivity index (χ1n) is 9.35. The molecule has 0 fully saturated rings. The topological polar surface area (TPSA) is 59.6 Å². The third-order valence-corrected chi connectivity index (χ3v) is 4.09. The van der Waals surface area contributed by atoms with Gasteiger partial charge in [0.1, 0.15) is 0 Å². The van der Waals surface area contributed by atoms with Crippen molar-refractivity contribution in [3.8, 4) is 5.75 Å². The molecule has 2 aromatic carbocycles. The Bertz CT molecular complexity index is 898. The van der Waals surface area contributed by atoms with Crippen LogP contribution in [-0.4, -0.2) is 24.6 Å². The summed E-state index contributed by atoms with van der Waals surface area (Å²) in [6.45, 7) is 10.5. The van der Waals surface area contributed by atoms with Crippen LogP contribution in [0, 0.1) is 11.7 Å². The van der Waals surface area contributed by atoms with Crippen LogP contribution in [0.4, 0.5) is 14.5 Å². The average molecular weight is 397 g/mol. The molecule has 0 saturated heterocycles. The predicted octanol–water partition coefficient (Wildman–Crippen LogP) is 4.49. The fourth-order valence-corrected chi connectivity index (χ4v) is 2.61. The molecule has 2 aromatic rings. The standard InChI is InChI=1S/C22H26BF2N3O/c1-14(2)20(25)15(3)23-22(26)28-16(4)27-21-18(24)11-8-12-19(21)29-13-17-9-6-5-7-10-17/h5-12,14,20H,3,13,26H2,1-2,4H3,(H,27,28). The van der Waals surface area contributed by atoms with E-state index in [9.17, 15) is 8.78 Å². The van der Waals surface area contributed by atoms with E-state index in [2.05, 4.69) is 16.9 Å². The van der Waals surface area contributed by atoms with Gasteiger partial charge in [-0.3, -0.25) is 0 Å². The number of allylic oxidation sites excluding steroid dienone is 1. The summed E-state index contributed by atoms with van der Waals surface area (Å²) in [5.74, 6) is -0.0154. The van der Waals surface area contributed by atoms with E-state index in [1.54, 1.807) is 32.9 Å². The van der Waals surface area contributed by atoms with Gasteiger partial charge in [-0.2, -0.15) is 0 Å². The maximum absolute atomic E-state index is 14.4. The second-order valence-corrected chi connectivity index (χ2v) is 7.00. The summed E-state index contributed by atoms with van der Waals surface area (Å²) in [4.78, 5) is 4.15. The van der Waals surface area contributed by atoms with Gasteiger partial charge >= 0.3 is 171 Å². The van der Waals surface area contributed by atoms with Crippen molar-refractivity contribution in [3.63, 3.8) is 0 Å². The molecule has 3 N–H and O–H groups in total.